The van der Waals surface area contributed by atoms with Crippen LogP contribution in [0, 0.1) is 0 Å². The Hall–Kier alpha value is -6.64. The standard InChI is InChI=1S/C48H34O2/c1-7-19-35(20-8-1)41-31-43(37-23-11-3-12-24-37)47(44(32-41)38-25-13-4-14-26-38)49-50-48-45(39-27-15-5-16-28-39)33-42(36-21-9-2-10-22-36)34-46(48)40-29-17-6-18-30-40/h1-34H. The van der Waals surface area contributed by atoms with Gasteiger partial charge in [-0.3, -0.25) is 9.78 Å². The molecule has 0 fully saturated rings. The fourth-order valence-corrected chi connectivity index (χ4v) is 6.44. The number of rotatable bonds is 9. The lowest BCUT2D eigenvalue weighted by Crippen LogP contribution is -2.07. The summed E-state index contributed by atoms with van der Waals surface area (Å²) < 4.78 is 0. The summed E-state index contributed by atoms with van der Waals surface area (Å²) in [4.78, 5) is 13.4. The van der Waals surface area contributed by atoms with Crippen molar-refractivity contribution in [2.24, 2.45) is 0 Å². The first-order valence-corrected chi connectivity index (χ1v) is 16.8. The molecular weight excluding hydrogens is 609 g/mol. The van der Waals surface area contributed by atoms with Gasteiger partial charge in [0.15, 0.2) is 11.5 Å². The van der Waals surface area contributed by atoms with Crippen molar-refractivity contribution in [2.75, 3.05) is 0 Å². The Labute approximate surface area is 293 Å². The highest BCUT2D eigenvalue weighted by Gasteiger charge is 2.22. The Morgan fingerprint density at radius 3 is 0.620 bits per heavy atom. The Kier molecular flexibility index (Phi) is 8.73. The smallest absolute Gasteiger partial charge is 0.194 e. The lowest BCUT2D eigenvalue weighted by Gasteiger charge is -2.21. The minimum absolute atomic E-state index is 0.646. The molecule has 0 aromatic heterocycles. The van der Waals surface area contributed by atoms with Crippen LogP contribution in [0.15, 0.2) is 206 Å². The van der Waals surface area contributed by atoms with Crippen molar-refractivity contribution in [3.63, 3.8) is 0 Å². The molecular formula is C48H34O2. The highest BCUT2D eigenvalue weighted by Crippen LogP contribution is 2.46. The zero-order valence-electron chi connectivity index (χ0n) is 27.4. The van der Waals surface area contributed by atoms with E-state index in [1.807, 2.05) is 36.4 Å². The molecule has 2 nitrogen and oxygen atoms in total. The average molecular weight is 643 g/mol. The van der Waals surface area contributed by atoms with E-state index in [4.69, 9.17) is 9.78 Å². The Bertz CT molecular complexity index is 2030. The summed E-state index contributed by atoms with van der Waals surface area (Å²) in [5.74, 6) is 1.29. The molecule has 0 saturated heterocycles. The molecule has 0 saturated carbocycles. The second-order valence-electron chi connectivity index (χ2n) is 12.2. The minimum atomic E-state index is 0.646. The molecule has 2 heteroatoms. The summed E-state index contributed by atoms with van der Waals surface area (Å²) in [6, 6.07) is 71.3. The highest BCUT2D eigenvalue weighted by molar-refractivity contribution is 5.90. The molecule has 0 N–H and O–H groups in total. The fraction of sp³-hybridized carbons (Fsp3) is 0. The van der Waals surface area contributed by atoms with E-state index in [2.05, 4.69) is 170 Å². The first kappa shape index (κ1) is 30.7. The third kappa shape index (κ3) is 6.43. The maximum Gasteiger partial charge on any atom is 0.194 e. The summed E-state index contributed by atoms with van der Waals surface area (Å²) in [6.07, 6.45) is 0. The van der Waals surface area contributed by atoms with E-state index >= 15 is 0 Å². The van der Waals surface area contributed by atoms with Crippen molar-refractivity contribution in [1.82, 2.24) is 0 Å². The molecule has 238 valence electrons. The second kappa shape index (κ2) is 14.2. The van der Waals surface area contributed by atoms with Gasteiger partial charge in [-0.1, -0.05) is 182 Å². The van der Waals surface area contributed by atoms with Crippen molar-refractivity contribution >= 4 is 0 Å². The minimum Gasteiger partial charge on any atom is -0.289 e. The largest absolute Gasteiger partial charge is 0.289 e. The quantitative estimate of drug-likeness (QED) is 0.115. The van der Waals surface area contributed by atoms with Gasteiger partial charge in [0.05, 0.1) is 0 Å². The van der Waals surface area contributed by atoms with Gasteiger partial charge in [0.1, 0.15) is 0 Å². The third-order valence-corrected chi connectivity index (χ3v) is 8.94. The van der Waals surface area contributed by atoms with E-state index in [-0.39, 0.29) is 0 Å². The van der Waals surface area contributed by atoms with Crippen LogP contribution in [0.1, 0.15) is 0 Å². The molecule has 0 aliphatic carbocycles. The van der Waals surface area contributed by atoms with Crippen molar-refractivity contribution in [1.29, 1.82) is 0 Å². The SMILES string of the molecule is c1ccc(-c2cc(-c3ccccc3)c(OOc3c(-c4ccccc4)cc(-c4ccccc4)cc3-c3ccccc3)c(-c3ccccc3)c2)cc1. The van der Waals surface area contributed by atoms with Crippen LogP contribution < -0.4 is 9.78 Å². The number of hydrogen-bond acceptors (Lipinski definition) is 2. The molecule has 0 radical (unpaired) electrons. The maximum atomic E-state index is 6.72. The van der Waals surface area contributed by atoms with Gasteiger partial charge in [-0.05, 0) is 68.8 Å². The van der Waals surface area contributed by atoms with Gasteiger partial charge in [-0.2, -0.15) is 0 Å². The lowest BCUT2D eigenvalue weighted by atomic mass is 9.92. The topological polar surface area (TPSA) is 18.5 Å². The van der Waals surface area contributed by atoms with Gasteiger partial charge in [0.25, 0.3) is 0 Å². The van der Waals surface area contributed by atoms with E-state index in [9.17, 15) is 0 Å². The normalized spacial score (nSPS) is 10.8. The molecule has 8 aromatic carbocycles. The summed E-state index contributed by atoms with van der Waals surface area (Å²) in [7, 11) is 0. The number of hydrogen-bond donors (Lipinski definition) is 0. The predicted octanol–water partition coefficient (Wildman–Crippen LogP) is 13.1. The Balaban J connectivity index is 1.35. The average Bonchev–Trinajstić information content (AvgIpc) is 3.21. The van der Waals surface area contributed by atoms with Crippen LogP contribution in [0.2, 0.25) is 0 Å². The fourth-order valence-electron chi connectivity index (χ4n) is 6.44. The summed E-state index contributed by atoms with van der Waals surface area (Å²) >= 11 is 0. The van der Waals surface area contributed by atoms with Crippen molar-refractivity contribution in [2.45, 2.75) is 0 Å². The van der Waals surface area contributed by atoms with Gasteiger partial charge in [-0.25, -0.2) is 0 Å². The first-order chi connectivity index (χ1) is 24.8. The van der Waals surface area contributed by atoms with Crippen LogP contribution in [0.3, 0.4) is 0 Å². The molecule has 0 amide bonds. The van der Waals surface area contributed by atoms with Crippen LogP contribution in [-0.4, -0.2) is 0 Å². The molecule has 8 rings (SSSR count). The lowest BCUT2D eigenvalue weighted by molar-refractivity contribution is -0.0975. The molecule has 0 spiro atoms. The monoisotopic (exact) mass is 642 g/mol. The van der Waals surface area contributed by atoms with Gasteiger partial charge in [0, 0.05) is 22.3 Å². The van der Waals surface area contributed by atoms with E-state index in [1.54, 1.807) is 0 Å². The van der Waals surface area contributed by atoms with Crippen molar-refractivity contribution in [3.05, 3.63) is 206 Å². The Morgan fingerprint density at radius 1 is 0.200 bits per heavy atom. The van der Waals surface area contributed by atoms with E-state index < -0.39 is 0 Å². The van der Waals surface area contributed by atoms with Gasteiger partial charge >= 0.3 is 0 Å². The molecule has 0 heterocycles. The molecule has 0 unspecified atom stereocenters. The van der Waals surface area contributed by atoms with Crippen LogP contribution in [0.4, 0.5) is 0 Å². The summed E-state index contributed by atoms with van der Waals surface area (Å²) in [6.45, 7) is 0. The second-order valence-corrected chi connectivity index (χ2v) is 12.2. The van der Waals surface area contributed by atoms with Gasteiger partial charge in [-0.15, -0.1) is 0 Å². The van der Waals surface area contributed by atoms with E-state index in [0.29, 0.717) is 11.5 Å². The van der Waals surface area contributed by atoms with E-state index in [0.717, 1.165) is 66.8 Å². The van der Waals surface area contributed by atoms with Crippen LogP contribution >= 0.6 is 0 Å². The van der Waals surface area contributed by atoms with Crippen LogP contribution in [0.5, 0.6) is 11.5 Å². The maximum absolute atomic E-state index is 6.72. The molecule has 0 bridgehead atoms. The number of benzene rings is 8. The Morgan fingerprint density at radius 2 is 0.400 bits per heavy atom. The summed E-state index contributed by atoms with van der Waals surface area (Å²) in [5.41, 5.74) is 12.3. The van der Waals surface area contributed by atoms with Gasteiger partial charge in [0.2, 0.25) is 0 Å². The van der Waals surface area contributed by atoms with Gasteiger partial charge < -0.3 is 0 Å². The third-order valence-electron chi connectivity index (χ3n) is 8.94. The first-order valence-electron chi connectivity index (χ1n) is 16.8. The molecule has 50 heavy (non-hydrogen) atoms. The van der Waals surface area contributed by atoms with E-state index in [1.165, 1.54) is 0 Å². The van der Waals surface area contributed by atoms with Crippen molar-refractivity contribution < 1.29 is 9.78 Å². The summed E-state index contributed by atoms with van der Waals surface area (Å²) in [5, 5.41) is 0. The predicted molar refractivity (Wildman–Crippen MR) is 207 cm³/mol. The molecule has 0 atom stereocenters. The zero-order valence-corrected chi connectivity index (χ0v) is 27.4. The van der Waals surface area contributed by atoms with Crippen molar-refractivity contribution in [3.8, 4) is 78.3 Å². The van der Waals surface area contributed by atoms with Crippen LogP contribution in [0.25, 0.3) is 66.8 Å². The highest BCUT2D eigenvalue weighted by atomic mass is 17.2. The molecule has 8 aromatic rings. The van der Waals surface area contributed by atoms with Crippen LogP contribution in [-0.2, 0) is 0 Å². The zero-order chi connectivity index (χ0) is 33.5. The molecule has 0 aliphatic heterocycles. The molecule has 0 aliphatic rings.